The average Bonchev–Trinajstić information content (AvgIpc) is 2.99. The van der Waals surface area contributed by atoms with Crippen LogP contribution in [0, 0.1) is 0 Å². The third kappa shape index (κ3) is 3.29. The molecule has 24 heavy (non-hydrogen) atoms. The molecule has 0 unspecified atom stereocenters. The van der Waals surface area contributed by atoms with Gasteiger partial charge in [-0.3, -0.25) is 4.79 Å². The third-order valence-corrected chi connectivity index (χ3v) is 4.74. The average molecular weight is 342 g/mol. The van der Waals surface area contributed by atoms with Crippen molar-refractivity contribution < 1.29 is 14.3 Å². The van der Waals surface area contributed by atoms with Gasteiger partial charge >= 0.3 is 0 Å². The largest absolute Gasteiger partial charge is 0.467 e. The second kappa shape index (κ2) is 7.51. The Hall–Kier alpha value is -2.31. The molecular weight excluding hydrogens is 324 g/mol. The molecule has 0 N–H and O–H groups in total. The molecule has 0 spiro atoms. The zero-order valence-corrected chi connectivity index (χ0v) is 14.4. The molecule has 3 aromatic rings. The van der Waals surface area contributed by atoms with Crippen molar-refractivity contribution in [2.24, 2.45) is 7.05 Å². The number of methoxy groups -OCH3 is 1. The lowest BCUT2D eigenvalue weighted by molar-refractivity contribution is 0.0506. The molecular formula is C18H18N2O3S. The quantitative estimate of drug-likeness (QED) is 0.373. The molecule has 0 fully saturated rings. The SMILES string of the molecule is COCOc1cc2c(ncn2C)c(CSc2ccccc2)c1C=O. The molecule has 0 amide bonds. The maximum Gasteiger partial charge on any atom is 0.188 e. The van der Waals surface area contributed by atoms with Gasteiger partial charge in [0, 0.05) is 36.4 Å². The van der Waals surface area contributed by atoms with Crippen LogP contribution in [0.2, 0.25) is 0 Å². The maximum absolute atomic E-state index is 11.7. The number of fused-ring (bicyclic) bond motifs is 1. The zero-order chi connectivity index (χ0) is 16.9. The Bertz CT molecular complexity index is 846. The van der Waals surface area contributed by atoms with Gasteiger partial charge in [0.25, 0.3) is 0 Å². The van der Waals surface area contributed by atoms with E-state index in [1.807, 2.05) is 48.0 Å². The third-order valence-electron chi connectivity index (χ3n) is 3.70. The Balaban J connectivity index is 2.04. The number of carbonyl (C=O) groups is 1. The number of aromatic nitrogens is 2. The van der Waals surface area contributed by atoms with E-state index in [1.165, 1.54) is 0 Å². The molecule has 3 rings (SSSR count). The van der Waals surface area contributed by atoms with Crippen LogP contribution in [0.5, 0.6) is 5.75 Å². The highest BCUT2D eigenvalue weighted by Crippen LogP contribution is 2.33. The predicted octanol–water partition coefficient (Wildman–Crippen LogP) is 3.66. The van der Waals surface area contributed by atoms with Crippen molar-refractivity contribution in [3.05, 3.63) is 53.9 Å². The second-order valence-corrected chi connectivity index (χ2v) is 6.31. The van der Waals surface area contributed by atoms with Gasteiger partial charge in [-0.15, -0.1) is 11.8 Å². The van der Waals surface area contributed by atoms with E-state index in [0.29, 0.717) is 17.1 Å². The molecule has 2 aromatic carbocycles. The molecule has 5 nitrogen and oxygen atoms in total. The summed E-state index contributed by atoms with van der Waals surface area (Å²) < 4.78 is 12.5. The van der Waals surface area contributed by atoms with Gasteiger partial charge in [-0.25, -0.2) is 4.98 Å². The van der Waals surface area contributed by atoms with E-state index in [2.05, 4.69) is 4.98 Å². The van der Waals surface area contributed by atoms with Crippen molar-refractivity contribution in [2.75, 3.05) is 13.9 Å². The van der Waals surface area contributed by atoms with E-state index in [1.54, 1.807) is 25.2 Å². The van der Waals surface area contributed by atoms with Crippen LogP contribution < -0.4 is 4.74 Å². The van der Waals surface area contributed by atoms with Gasteiger partial charge in [-0.2, -0.15) is 0 Å². The van der Waals surface area contributed by atoms with E-state index in [9.17, 15) is 4.79 Å². The fourth-order valence-corrected chi connectivity index (χ4v) is 3.46. The van der Waals surface area contributed by atoms with Crippen LogP contribution in [0.1, 0.15) is 15.9 Å². The highest BCUT2D eigenvalue weighted by atomic mass is 32.2. The molecule has 0 atom stereocenters. The van der Waals surface area contributed by atoms with Crippen LogP contribution in [0.15, 0.2) is 47.6 Å². The number of carbonyl (C=O) groups excluding carboxylic acids is 1. The summed E-state index contributed by atoms with van der Waals surface area (Å²) in [5.74, 6) is 1.15. The first-order chi connectivity index (χ1) is 11.7. The number of thioether (sulfide) groups is 1. The minimum Gasteiger partial charge on any atom is -0.467 e. The van der Waals surface area contributed by atoms with Crippen LogP contribution >= 0.6 is 11.8 Å². The Morgan fingerprint density at radius 3 is 2.79 bits per heavy atom. The Labute approximate surface area is 144 Å². The van der Waals surface area contributed by atoms with E-state index >= 15 is 0 Å². The van der Waals surface area contributed by atoms with Crippen LogP contribution in [0.25, 0.3) is 11.0 Å². The summed E-state index contributed by atoms with van der Waals surface area (Å²) in [6.07, 6.45) is 2.58. The lowest BCUT2D eigenvalue weighted by atomic mass is 10.1. The van der Waals surface area contributed by atoms with Gasteiger partial charge in [0.2, 0.25) is 0 Å². The van der Waals surface area contributed by atoms with E-state index < -0.39 is 0 Å². The number of hydrogen-bond acceptors (Lipinski definition) is 5. The Morgan fingerprint density at radius 2 is 2.08 bits per heavy atom. The first kappa shape index (κ1) is 16.5. The fourth-order valence-electron chi connectivity index (χ4n) is 2.51. The Kier molecular flexibility index (Phi) is 5.17. The molecule has 6 heteroatoms. The predicted molar refractivity (Wildman–Crippen MR) is 94.6 cm³/mol. The molecule has 0 aliphatic heterocycles. The number of ether oxygens (including phenoxy) is 2. The molecule has 1 heterocycles. The van der Waals surface area contributed by atoms with Crippen molar-refractivity contribution in [3.63, 3.8) is 0 Å². The highest BCUT2D eigenvalue weighted by molar-refractivity contribution is 7.98. The van der Waals surface area contributed by atoms with Crippen LogP contribution in [0.3, 0.4) is 0 Å². The molecule has 0 bridgehead atoms. The van der Waals surface area contributed by atoms with E-state index in [4.69, 9.17) is 9.47 Å². The fraction of sp³-hybridized carbons (Fsp3) is 0.222. The van der Waals surface area contributed by atoms with Crippen molar-refractivity contribution in [1.82, 2.24) is 9.55 Å². The molecule has 124 valence electrons. The van der Waals surface area contributed by atoms with Crippen LogP contribution in [-0.2, 0) is 17.5 Å². The Morgan fingerprint density at radius 1 is 1.29 bits per heavy atom. The lowest BCUT2D eigenvalue weighted by Crippen LogP contribution is -2.04. The van der Waals surface area contributed by atoms with Gasteiger partial charge in [0.05, 0.1) is 22.9 Å². The minimum atomic E-state index is 0.0927. The molecule has 0 aliphatic carbocycles. The maximum atomic E-state index is 11.7. The second-order valence-electron chi connectivity index (χ2n) is 5.26. The van der Waals surface area contributed by atoms with Gasteiger partial charge < -0.3 is 14.0 Å². The van der Waals surface area contributed by atoms with Crippen LogP contribution in [-0.4, -0.2) is 29.7 Å². The number of aldehydes is 1. The normalized spacial score (nSPS) is 10.9. The summed E-state index contributed by atoms with van der Waals surface area (Å²) >= 11 is 1.66. The van der Waals surface area contributed by atoms with Crippen molar-refractivity contribution in [3.8, 4) is 5.75 Å². The molecule has 0 radical (unpaired) electrons. The number of benzene rings is 2. The molecule has 0 saturated heterocycles. The standard InChI is InChI=1S/C18H18N2O3S/c1-20-11-19-18-15(10-24-13-6-4-3-5-7-13)14(9-21)17(8-16(18)20)23-12-22-2/h3-9,11H,10,12H2,1-2H3. The molecule has 0 saturated carbocycles. The molecule has 0 aliphatic rings. The van der Waals surface area contributed by atoms with Gasteiger partial charge in [0.15, 0.2) is 13.1 Å². The minimum absolute atomic E-state index is 0.0927. The summed E-state index contributed by atoms with van der Waals surface area (Å²) in [7, 11) is 3.47. The number of rotatable bonds is 7. The van der Waals surface area contributed by atoms with E-state index in [-0.39, 0.29) is 6.79 Å². The van der Waals surface area contributed by atoms with Gasteiger partial charge in [-0.05, 0) is 12.1 Å². The van der Waals surface area contributed by atoms with Crippen molar-refractivity contribution in [1.29, 1.82) is 0 Å². The number of aryl methyl sites for hydroxylation is 1. The monoisotopic (exact) mass is 342 g/mol. The zero-order valence-electron chi connectivity index (χ0n) is 13.6. The van der Waals surface area contributed by atoms with Crippen LogP contribution in [0.4, 0.5) is 0 Å². The summed E-state index contributed by atoms with van der Waals surface area (Å²) in [6, 6.07) is 11.9. The van der Waals surface area contributed by atoms with Gasteiger partial charge in [0.1, 0.15) is 5.75 Å². The summed E-state index contributed by atoms with van der Waals surface area (Å²) in [5, 5.41) is 0. The topological polar surface area (TPSA) is 53.4 Å². The highest BCUT2D eigenvalue weighted by Gasteiger charge is 2.17. The lowest BCUT2D eigenvalue weighted by Gasteiger charge is -2.13. The first-order valence-electron chi connectivity index (χ1n) is 7.46. The number of nitrogens with zero attached hydrogens (tertiary/aromatic N) is 2. The van der Waals surface area contributed by atoms with Crippen molar-refractivity contribution >= 4 is 29.1 Å². The summed E-state index contributed by atoms with van der Waals surface area (Å²) in [6.45, 7) is 0.0927. The van der Waals surface area contributed by atoms with Gasteiger partial charge in [-0.1, -0.05) is 18.2 Å². The van der Waals surface area contributed by atoms with Crippen molar-refractivity contribution in [2.45, 2.75) is 10.6 Å². The number of imidazole rings is 1. The summed E-state index contributed by atoms with van der Waals surface area (Å²) in [4.78, 5) is 17.3. The summed E-state index contributed by atoms with van der Waals surface area (Å²) in [5.41, 5.74) is 3.16. The van der Waals surface area contributed by atoms with E-state index in [0.717, 1.165) is 27.8 Å². The smallest absolute Gasteiger partial charge is 0.188 e. The first-order valence-corrected chi connectivity index (χ1v) is 8.44. The molecule has 1 aromatic heterocycles. The number of hydrogen-bond donors (Lipinski definition) is 0.